The Balaban J connectivity index is 1.89. The topological polar surface area (TPSA) is 54.0 Å². The molecule has 0 aliphatic carbocycles. The second kappa shape index (κ2) is 7.90. The van der Waals surface area contributed by atoms with Crippen LogP contribution >= 0.6 is 0 Å². The Bertz CT molecular complexity index is 666. The van der Waals surface area contributed by atoms with Crippen LogP contribution in [0.25, 0.3) is 0 Å². The van der Waals surface area contributed by atoms with Gasteiger partial charge in [0.1, 0.15) is 11.6 Å². The van der Waals surface area contributed by atoms with Crippen molar-refractivity contribution in [2.75, 3.05) is 18.4 Å². The van der Waals surface area contributed by atoms with Crippen LogP contribution in [0.4, 0.5) is 10.2 Å². The summed E-state index contributed by atoms with van der Waals surface area (Å²) in [5.41, 5.74) is 2.01. The summed E-state index contributed by atoms with van der Waals surface area (Å²) in [5.74, 6) is 0.553. The van der Waals surface area contributed by atoms with Crippen molar-refractivity contribution in [3.63, 3.8) is 0 Å². The van der Waals surface area contributed by atoms with Gasteiger partial charge in [0.15, 0.2) is 0 Å². The minimum Gasteiger partial charge on any atom is -0.369 e. The van der Waals surface area contributed by atoms with Gasteiger partial charge in [-0.05, 0) is 35.7 Å². The summed E-state index contributed by atoms with van der Waals surface area (Å²) in [5, 5.41) is 6.09. The third kappa shape index (κ3) is 5.33. The smallest absolute Gasteiger partial charge is 0.216 e. The molecule has 0 aliphatic heterocycles. The molecule has 24 heavy (non-hydrogen) atoms. The number of hydrogen-bond donors (Lipinski definition) is 2. The number of aromatic nitrogens is 1. The summed E-state index contributed by atoms with van der Waals surface area (Å²) >= 11 is 0. The fourth-order valence-electron chi connectivity index (χ4n) is 2.37. The second-order valence-electron chi connectivity index (χ2n) is 6.53. The molecule has 4 nitrogen and oxygen atoms in total. The van der Waals surface area contributed by atoms with Crippen molar-refractivity contribution < 1.29 is 9.18 Å². The summed E-state index contributed by atoms with van der Waals surface area (Å²) in [6, 6.07) is 10.5. The van der Waals surface area contributed by atoms with Gasteiger partial charge in [-0.3, -0.25) is 4.79 Å². The zero-order valence-electron chi connectivity index (χ0n) is 14.4. The maximum Gasteiger partial charge on any atom is 0.216 e. The maximum absolute atomic E-state index is 13.0. The Morgan fingerprint density at radius 3 is 2.46 bits per heavy atom. The molecule has 2 rings (SSSR count). The van der Waals surface area contributed by atoms with E-state index in [1.807, 2.05) is 30.5 Å². The molecule has 0 unspecified atom stereocenters. The van der Waals surface area contributed by atoms with Gasteiger partial charge in [0.25, 0.3) is 0 Å². The standard InChI is InChI=1S/C19H24FN3O/c1-14(24)21-11-10-15-4-9-18(22-12-15)23-13-19(2,3)16-5-7-17(20)8-6-16/h4-9,12H,10-11,13H2,1-3H3,(H,21,24)(H,22,23). The number of halogens is 1. The van der Waals surface area contributed by atoms with E-state index >= 15 is 0 Å². The molecule has 0 atom stereocenters. The van der Waals surface area contributed by atoms with Gasteiger partial charge in [0.2, 0.25) is 5.91 Å². The van der Waals surface area contributed by atoms with Crippen LogP contribution in [0.15, 0.2) is 42.6 Å². The molecule has 0 radical (unpaired) electrons. The van der Waals surface area contributed by atoms with E-state index < -0.39 is 0 Å². The van der Waals surface area contributed by atoms with Gasteiger partial charge in [-0.1, -0.05) is 32.0 Å². The number of benzene rings is 1. The van der Waals surface area contributed by atoms with Gasteiger partial charge >= 0.3 is 0 Å². The normalized spacial score (nSPS) is 11.2. The van der Waals surface area contributed by atoms with E-state index in [9.17, 15) is 9.18 Å². The predicted octanol–water partition coefficient (Wildman–Crippen LogP) is 3.29. The molecule has 0 saturated heterocycles. The van der Waals surface area contributed by atoms with Crippen LogP contribution in [0.5, 0.6) is 0 Å². The van der Waals surface area contributed by atoms with Gasteiger partial charge in [0, 0.05) is 31.6 Å². The highest BCUT2D eigenvalue weighted by Crippen LogP contribution is 2.23. The zero-order valence-corrected chi connectivity index (χ0v) is 14.4. The quantitative estimate of drug-likeness (QED) is 0.819. The highest BCUT2D eigenvalue weighted by molar-refractivity contribution is 5.72. The maximum atomic E-state index is 13.0. The molecule has 1 heterocycles. The van der Waals surface area contributed by atoms with E-state index in [2.05, 4.69) is 29.5 Å². The largest absolute Gasteiger partial charge is 0.369 e. The molecule has 1 aromatic heterocycles. The Morgan fingerprint density at radius 1 is 1.17 bits per heavy atom. The molecule has 128 valence electrons. The lowest BCUT2D eigenvalue weighted by molar-refractivity contribution is -0.118. The molecule has 0 spiro atoms. The van der Waals surface area contributed by atoms with Gasteiger partial charge < -0.3 is 10.6 Å². The second-order valence-corrected chi connectivity index (χ2v) is 6.53. The van der Waals surface area contributed by atoms with Gasteiger partial charge in [-0.25, -0.2) is 9.37 Å². The van der Waals surface area contributed by atoms with Crippen LogP contribution in [0, 0.1) is 5.82 Å². The van der Waals surface area contributed by atoms with Crippen molar-refractivity contribution in [1.29, 1.82) is 0 Å². The number of nitrogens with one attached hydrogen (secondary N) is 2. The first-order valence-electron chi connectivity index (χ1n) is 8.06. The van der Waals surface area contributed by atoms with Gasteiger partial charge in [-0.15, -0.1) is 0 Å². The average Bonchev–Trinajstić information content (AvgIpc) is 2.54. The Labute approximate surface area is 142 Å². The number of pyridine rings is 1. The van der Waals surface area contributed by atoms with Crippen molar-refractivity contribution in [2.24, 2.45) is 0 Å². The third-order valence-electron chi connectivity index (χ3n) is 3.95. The number of carbonyl (C=O) groups is 1. The molecule has 0 saturated carbocycles. The van der Waals surface area contributed by atoms with Crippen molar-refractivity contribution in [1.82, 2.24) is 10.3 Å². The lowest BCUT2D eigenvalue weighted by Crippen LogP contribution is -2.28. The first-order chi connectivity index (χ1) is 11.4. The average molecular weight is 329 g/mol. The lowest BCUT2D eigenvalue weighted by atomic mass is 9.84. The molecular weight excluding hydrogens is 305 g/mol. The van der Waals surface area contributed by atoms with Crippen molar-refractivity contribution in [2.45, 2.75) is 32.6 Å². The van der Waals surface area contributed by atoms with Crippen molar-refractivity contribution in [3.8, 4) is 0 Å². The van der Waals surface area contributed by atoms with E-state index in [0.717, 1.165) is 23.4 Å². The van der Waals surface area contributed by atoms with E-state index in [1.165, 1.54) is 19.1 Å². The molecule has 2 aromatic rings. The molecule has 1 amide bonds. The molecular formula is C19H24FN3O. The van der Waals surface area contributed by atoms with Crippen LogP contribution in [0.1, 0.15) is 31.9 Å². The van der Waals surface area contributed by atoms with Crippen LogP contribution < -0.4 is 10.6 Å². The number of hydrogen-bond acceptors (Lipinski definition) is 3. The Kier molecular flexibility index (Phi) is 5.90. The van der Waals surface area contributed by atoms with Crippen LogP contribution in [0.2, 0.25) is 0 Å². The van der Waals surface area contributed by atoms with Crippen molar-refractivity contribution in [3.05, 3.63) is 59.5 Å². The first kappa shape index (κ1) is 17.9. The van der Waals surface area contributed by atoms with E-state index in [4.69, 9.17) is 0 Å². The monoisotopic (exact) mass is 329 g/mol. The molecule has 5 heteroatoms. The van der Waals surface area contributed by atoms with Crippen LogP contribution in [-0.2, 0) is 16.6 Å². The molecule has 2 N–H and O–H groups in total. The number of amides is 1. The number of rotatable bonds is 7. The summed E-state index contributed by atoms with van der Waals surface area (Å²) in [6.45, 7) is 7.02. The SMILES string of the molecule is CC(=O)NCCc1ccc(NCC(C)(C)c2ccc(F)cc2)nc1. The van der Waals surface area contributed by atoms with Crippen molar-refractivity contribution >= 4 is 11.7 Å². The Hall–Kier alpha value is -2.43. The minimum atomic E-state index is -0.223. The molecule has 0 fully saturated rings. The molecule has 0 aliphatic rings. The predicted molar refractivity (Wildman–Crippen MR) is 94.5 cm³/mol. The minimum absolute atomic E-state index is 0.0238. The van der Waals surface area contributed by atoms with Gasteiger partial charge in [-0.2, -0.15) is 0 Å². The molecule has 0 bridgehead atoms. The van der Waals surface area contributed by atoms with Crippen LogP contribution in [0.3, 0.4) is 0 Å². The van der Waals surface area contributed by atoms with E-state index in [-0.39, 0.29) is 17.1 Å². The summed E-state index contributed by atoms with van der Waals surface area (Å²) < 4.78 is 13.0. The first-order valence-corrected chi connectivity index (χ1v) is 8.06. The number of carbonyl (C=O) groups excluding carboxylic acids is 1. The number of anilines is 1. The number of nitrogens with zero attached hydrogens (tertiary/aromatic N) is 1. The zero-order chi connectivity index (χ0) is 17.6. The van der Waals surface area contributed by atoms with Gasteiger partial charge in [0.05, 0.1) is 0 Å². The summed E-state index contributed by atoms with van der Waals surface area (Å²) in [6.07, 6.45) is 2.57. The fraction of sp³-hybridized carbons (Fsp3) is 0.368. The van der Waals surface area contributed by atoms with E-state index in [0.29, 0.717) is 13.1 Å². The third-order valence-corrected chi connectivity index (χ3v) is 3.95. The van der Waals surface area contributed by atoms with Crippen LogP contribution in [-0.4, -0.2) is 24.0 Å². The highest BCUT2D eigenvalue weighted by atomic mass is 19.1. The van der Waals surface area contributed by atoms with E-state index in [1.54, 1.807) is 0 Å². The Morgan fingerprint density at radius 2 is 1.88 bits per heavy atom. The summed E-state index contributed by atoms with van der Waals surface area (Å²) in [7, 11) is 0. The lowest BCUT2D eigenvalue weighted by Gasteiger charge is -2.26. The highest BCUT2D eigenvalue weighted by Gasteiger charge is 2.20. The summed E-state index contributed by atoms with van der Waals surface area (Å²) in [4.78, 5) is 15.2. The molecule has 1 aromatic carbocycles. The fourth-order valence-corrected chi connectivity index (χ4v) is 2.37.